The van der Waals surface area contributed by atoms with Gasteiger partial charge in [0.15, 0.2) is 5.96 Å². The maximum Gasteiger partial charge on any atom is 0.234 e. The Morgan fingerprint density at radius 2 is 1.92 bits per heavy atom. The van der Waals surface area contributed by atoms with Gasteiger partial charge in [-0.2, -0.15) is 11.8 Å². The van der Waals surface area contributed by atoms with E-state index in [1.807, 2.05) is 11.8 Å². The fourth-order valence-corrected chi connectivity index (χ4v) is 2.62. The molecule has 25 heavy (non-hydrogen) atoms. The zero-order valence-corrected chi connectivity index (χ0v) is 17.2. The number of piperazine rings is 1. The molecular weight excluding hydrogens is 338 g/mol. The van der Waals surface area contributed by atoms with E-state index in [-0.39, 0.29) is 10.7 Å². The second-order valence-corrected chi connectivity index (χ2v) is 8.25. The molecule has 0 aromatic rings. The van der Waals surface area contributed by atoms with Crippen LogP contribution in [0.4, 0.5) is 0 Å². The maximum absolute atomic E-state index is 11.9. The Kier molecular flexibility index (Phi) is 10.2. The molecule has 0 atom stereocenters. The smallest absolute Gasteiger partial charge is 0.234 e. The van der Waals surface area contributed by atoms with Crippen LogP contribution in [0.5, 0.6) is 0 Å². The van der Waals surface area contributed by atoms with Gasteiger partial charge in [-0.15, -0.1) is 0 Å². The van der Waals surface area contributed by atoms with E-state index < -0.39 is 0 Å². The lowest BCUT2D eigenvalue weighted by Crippen LogP contribution is -2.54. The highest BCUT2D eigenvalue weighted by atomic mass is 32.2. The topological polar surface area (TPSA) is 69.2 Å². The Balaban J connectivity index is 2.46. The Bertz CT molecular complexity index is 423. The molecule has 1 aliphatic heterocycles. The molecule has 0 aromatic heterocycles. The Morgan fingerprint density at radius 3 is 2.48 bits per heavy atom. The summed E-state index contributed by atoms with van der Waals surface area (Å²) in [5.41, 5.74) is 0. The minimum atomic E-state index is 0.0628. The van der Waals surface area contributed by atoms with Gasteiger partial charge in [0.25, 0.3) is 0 Å². The molecule has 1 heterocycles. The number of nitrogens with one attached hydrogen (secondary N) is 2. The van der Waals surface area contributed by atoms with Crippen molar-refractivity contribution in [3.05, 3.63) is 0 Å². The number of ether oxygens (including phenoxy) is 1. The van der Waals surface area contributed by atoms with Gasteiger partial charge in [0.2, 0.25) is 5.91 Å². The average molecular weight is 374 g/mol. The zero-order valence-electron chi connectivity index (χ0n) is 16.4. The van der Waals surface area contributed by atoms with E-state index in [0.29, 0.717) is 19.7 Å². The predicted molar refractivity (Wildman–Crippen MR) is 106 cm³/mol. The SMILES string of the molecule is CCNC(=NCC(C)(C)SC)N1CCN(CC(=O)NCCOC)CC1. The zero-order chi connectivity index (χ0) is 18.7. The Labute approximate surface area is 156 Å². The molecule has 2 N–H and O–H groups in total. The van der Waals surface area contributed by atoms with Gasteiger partial charge in [0.1, 0.15) is 0 Å². The summed E-state index contributed by atoms with van der Waals surface area (Å²) in [4.78, 5) is 21.2. The quantitative estimate of drug-likeness (QED) is 0.348. The third-order valence-corrected chi connectivity index (χ3v) is 5.40. The maximum atomic E-state index is 11.9. The molecule has 146 valence electrons. The van der Waals surface area contributed by atoms with E-state index in [1.54, 1.807) is 7.11 Å². The van der Waals surface area contributed by atoms with Crippen molar-refractivity contribution in [2.24, 2.45) is 4.99 Å². The molecule has 0 spiro atoms. The molecule has 0 aliphatic carbocycles. The number of hydrogen-bond acceptors (Lipinski definition) is 5. The van der Waals surface area contributed by atoms with Crippen molar-refractivity contribution in [3.8, 4) is 0 Å². The summed E-state index contributed by atoms with van der Waals surface area (Å²) in [6.45, 7) is 13.2. The Morgan fingerprint density at radius 1 is 1.24 bits per heavy atom. The fourth-order valence-electron chi connectivity index (χ4n) is 2.42. The van der Waals surface area contributed by atoms with E-state index >= 15 is 0 Å². The number of carbonyl (C=O) groups excluding carboxylic acids is 1. The van der Waals surface area contributed by atoms with Crippen molar-refractivity contribution >= 4 is 23.6 Å². The minimum Gasteiger partial charge on any atom is -0.383 e. The molecule has 7 nitrogen and oxygen atoms in total. The molecule has 0 aromatic carbocycles. The molecule has 0 saturated carbocycles. The van der Waals surface area contributed by atoms with Crippen LogP contribution in [-0.4, -0.2) is 98.7 Å². The molecular formula is C17H35N5O2S. The van der Waals surface area contributed by atoms with Crippen LogP contribution < -0.4 is 10.6 Å². The van der Waals surface area contributed by atoms with Gasteiger partial charge in [-0.3, -0.25) is 14.7 Å². The number of hydrogen-bond donors (Lipinski definition) is 2. The molecule has 8 heteroatoms. The summed E-state index contributed by atoms with van der Waals surface area (Å²) in [7, 11) is 1.63. The van der Waals surface area contributed by atoms with Crippen molar-refractivity contribution in [2.45, 2.75) is 25.5 Å². The number of aliphatic imine (C=N–C) groups is 1. The first-order valence-corrected chi connectivity index (χ1v) is 10.2. The van der Waals surface area contributed by atoms with Crippen molar-refractivity contribution in [2.75, 3.05) is 72.3 Å². The second kappa shape index (κ2) is 11.6. The number of rotatable bonds is 9. The Hall–Kier alpha value is -0.990. The molecule has 0 radical (unpaired) electrons. The predicted octanol–water partition coefficient (Wildman–Crippen LogP) is 0.474. The molecule has 0 bridgehead atoms. The van der Waals surface area contributed by atoms with Crippen LogP contribution in [0, 0.1) is 0 Å². The first-order valence-electron chi connectivity index (χ1n) is 8.98. The van der Waals surface area contributed by atoms with E-state index in [4.69, 9.17) is 9.73 Å². The number of nitrogens with zero attached hydrogens (tertiary/aromatic N) is 3. The van der Waals surface area contributed by atoms with Crippen LogP contribution in [-0.2, 0) is 9.53 Å². The van der Waals surface area contributed by atoms with Gasteiger partial charge in [-0.05, 0) is 27.0 Å². The minimum absolute atomic E-state index is 0.0628. The standard InChI is InChI=1S/C17H35N5O2S/c1-6-18-16(20-14-17(2,3)25-5)22-10-8-21(9-11-22)13-15(23)19-7-12-24-4/h6-14H2,1-5H3,(H,18,20)(H,19,23). The molecule has 1 aliphatic rings. The van der Waals surface area contributed by atoms with Gasteiger partial charge in [-0.25, -0.2) is 0 Å². The van der Waals surface area contributed by atoms with Crippen LogP contribution in [0.3, 0.4) is 0 Å². The van der Waals surface area contributed by atoms with Crippen LogP contribution in [0.15, 0.2) is 4.99 Å². The molecule has 1 amide bonds. The van der Waals surface area contributed by atoms with Crippen molar-refractivity contribution < 1.29 is 9.53 Å². The van der Waals surface area contributed by atoms with E-state index in [2.05, 4.69) is 47.5 Å². The molecule has 1 fully saturated rings. The number of methoxy groups -OCH3 is 1. The lowest BCUT2D eigenvalue weighted by atomic mass is 10.2. The van der Waals surface area contributed by atoms with E-state index in [9.17, 15) is 4.79 Å². The van der Waals surface area contributed by atoms with Gasteiger partial charge in [-0.1, -0.05) is 0 Å². The summed E-state index contributed by atoms with van der Waals surface area (Å²) in [5.74, 6) is 1.04. The highest BCUT2D eigenvalue weighted by Crippen LogP contribution is 2.21. The summed E-state index contributed by atoms with van der Waals surface area (Å²) < 4.78 is 5.09. The third-order valence-electron chi connectivity index (χ3n) is 4.16. The van der Waals surface area contributed by atoms with Crippen LogP contribution in [0.1, 0.15) is 20.8 Å². The van der Waals surface area contributed by atoms with E-state index in [1.165, 1.54) is 0 Å². The van der Waals surface area contributed by atoms with E-state index in [0.717, 1.165) is 45.2 Å². The number of amides is 1. The third kappa shape index (κ3) is 8.78. The molecule has 0 unspecified atom stereocenters. The summed E-state index contributed by atoms with van der Waals surface area (Å²) in [5, 5.41) is 6.26. The van der Waals surface area contributed by atoms with Crippen LogP contribution >= 0.6 is 11.8 Å². The highest BCUT2D eigenvalue weighted by molar-refractivity contribution is 7.99. The lowest BCUT2D eigenvalue weighted by molar-refractivity contribution is -0.122. The number of carbonyl (C=O) groups is 1. The van der Waals surface area contributed by atoms with Gasteiger partial charge in [0, 0.05) is 51.1 Å². The molecule has 1 saturated heterocycles. The van der Waals surface area contributed by atoms with Crippen LogP contribution in [0.25, 0.3) is 0 Å². The average Bonchev–Trinajstić information content (AvgIpc) is 2.59. The first-order chi connectivity index (χ1) is 11.9. The summed E-state index contributed by atoms with van der Waals surface area (Å²) in [6, 6.07) is 0. The van der Waals surface area contributed by atoms with Gasteiger partial charge in [0.05, 0.1) is 19.7 Å². The fraction of sp³-hybridized carbons (Fsp3) is 0.882. The normalized spacial score (nSPS) is 16.8. The highest BCUT2D eigenvalue weighted by Gasteiger charge is 2.22. The second-order valence-electron chi connectivity index (χ2n) is 6.74. The largest absolute Gasteiger partial charge is 0.383 e. The van der Waals surface area contributed by atoms with Gasteiger partial charge >= 0.3 is 0 Å². The monoisotopic (exact) mass is 373 g/mol. The van der Waals surface area contributed by atoms with Crippen LogP contribution in [0.2, 0.25) is 0 Å². The first kappa shape index (κ1) is 22.1. The number of thioether (sulfide) groups is 1. The van der Waals surface area contributed by atoms with Crippen molar-refractivity contribution in [3.63, 3.8) is 0 Å². The number of guanidine groups is 1. The summed E-state index contributed by atoms with van der Waals surface area (Å²) >= 11 is 1.83. The summed E-state index contributed by atoms with van der Waals surface area (Å²) in [6.07, 6.45) is 2.12. The molecule has 1 rings (SSSR count). The van der Waals surface area contributed by atoms with Crippen molar-refractivity contribution in [1.29, 1.82) is 0 Å². The lowest BCUT2D eigenvalue weighted by Gasteiger charge is -2.36. The van der Waals surface area contributed by atoms with Crippen molar-refractivity contribution in [1.82, 2.24) is 20.4 Å². The van der Waals surface area contributed by atoms with Gasteiger partial charge < -0.3 is 20.3 Å².